The zero-order chi connectivity index (χ0) is 27.2. The molecule has 2 aromatic carbocycles. The van der Waals surface area contributed by atoms with Gasteiger partial charge in [0.1, 0.15) is 23.9 Å². The van der Waals surface area contributed by atoms with Crippen LogP contribution in [0.1, 0.15) is 40.2 Å². The van der Waals surface area contributed by atoms with Crippen LogP contribution in [0.2, 0.25) is 5.02 Å². The lowest BCUT2D eigenvalue weighted by atomic mass is 10.2. The molecular weight excluding hydrogens is 510 g/mol. The molecule has 0 aliphatic carbocycles. The van der Waals surface area contributed by atoms with Crippen LogP contribution in [0.4, 0.5) is 0 Å². The molecule has 0 aliphatic rings. The number of rotatable bonds is 10. The van der Waals surface area contributed by atoms with Gasteiger partial charge < -0.3 is 23.6 Å². The molecule has 0 radical (unpaired) electrons. The third kappa shape index (κ3) is 6.43. The first-order valence-electron chi connectivity index (χ1n) is 11.7. The summed E-state index contributed by atoms with van der Waals surface area (Å²) in [5, 5.41) is 13.1. The maximum absolute atomic E-state index is 12.4. The number of furan rings is 1. The summed E-state index contributed by atoms with van der Waals surface area (Å²) in [4.78, 5) is 23.3. The summed E-state index contributed by atoms with van der Waals surface area (Å²) in [6, 6.07) is 19.8. The Morgan fingerprint density at radius 1 is 1.08 bits per heavy atom. The number of carboxylic acids is 1. The Hall–Kier alpha value is -4.50. The molecule has 0 bridgehead atoms. The number of aromatic nitrogens is 1. The highest BCUT2D eigenvalue weighted by atomic mass is 35.5. The van der Waals surface area contributed by atoms with Crippen LogP contribution in [0.25, 0.3) is 5.69 Å². The second-order valence-electron chi connectivity index (χ2n) is 8.49. The summed E-state index contributed by atoms with van der Waals surface area (Å²) in [6.07, 6.45) is 0.348. The second-order valence-corrected chi connectivity index (χ2v) is 8.89. The van der Waals surface area contributed by atoms with Crippen LogP contribution in [-0.4, -0.2) is 33.9 Å². The molecule has 2 N–H and O–H groups in total. The zero-order valence-electron chi connectivity index (χ0n) is 21.0. The lowest BCUT2D eigenvalue weighted by Crippen LogP contribution is -2.23. The molecular formula is C28H26ClN3O6. The predicted octanol–water partition coefficient (Wildman–Crippen LogP) is 5.54. The van der Waals surface area contributed by atoms with Gasteiger partial charge in [-0.2, -0.15) is 5.10 Å². The molecule has 1 atom stereocenters. The van der Waals surface area contributed by atoms with Crippen LogP contribution < -0.4 is 14.9 Å². The third-order valence-corrected chi connectivity index (χ3v) is 5.92. The van der Waals surface area contributed by atoms with Gasteiger partial charge in [-0.1, -0.05) is 11.6 Å². The van der Waals surface area contributed by atoms with Gasteiger partial charge in [0.25, 0.3) is 0 Å². The number of nitrogens with zero attached hydrogens (tertiary/aromatic N) is 2. The van der Waals surface area contributed by atoms with Crippen LogP contribution in [0, 0.1) is 13.8 Å². The topological polar surface area (TPSA) is 115 Å². The Balaban J connectivity index is 1.29. The van der Waals surface area contributed by atoms with Crippen LogP contribution >= 0.6 is 11.6 Å². The van der Waals surface area contributed by atoms with E-state index >= 15 is 0 Å². The van der Waals surface area contributed by atoms with Crippen molar-refractivity contribution in [1.82, 2.24) is 9.99 Å². The molecule has 196 valence electrons. The molecule has 1 amide bonds. The zero-order valence-corrected chi connectivity index (χ0v) is 21.7. The predicted molar refractivity (Wildman–Crippen MR) is 143 cm³/mol. The second kappa shape index (κ2) is 11.7. The molecule has 4 rings (SSSR count). The van der Waals surface area contributed by atoms with Crippen molar-refractivity contribution < 1.29 is 28.6 Å². The lowest BCUT2D eigenvalue weighted by Gasteiger charge is -2.11. The van der Waals surface area contributed by atoms with E-state index in [1.54, 1.807) is 12.1 Å². The Morgan fingerprint density at radius 3 is 2.45 bits per heavy atom. The van der Waals surface area contributed by atoms with Gasteiger partial charge in [0.2, 0.25) is 0 Å². The fourth-order valence-corrected chi connectivity index (χ4v) is 3.89. The highest BCUT2D eigenvalue weighted by Gasteiger charge is 2.15. The van der Waals surface area contributed by atoms with Crippen molar-refractivity contribution in [2.75, 3.05) is 0 Å². The highest BCUT2D eigenvalue weighted by molar-refractivity contribution is 6.32. The standard InChI is InChI=1S/C28H26ClN3O6/c1-17-4-5-18(2)32(17)21-7-9-22(10-8-21)36-16-23-11-13-26(38-23)27(33)31-30-15-20-6-12-25(24(29)14-20)37-19(3)28(34)35/h4-15,19H,16H2,1-3H3,(H,31,33)(H,34,35)/b30-15+/t19-/m0/s1. The molecule has 0 spiro atoms. The van der Waals surface area contributed by atoms with E-state index in [-0.39, 0.29) is 23.1 Å². The molecule has 4 aromatic rings. The largest absolute Gasteiger partial charge is 0.486 e. The van der Waals surface area contributed by atoms with Gasteiger partial charge in [-0.05, 0) is 93.1 Å². The first-order chi connectivity index (χ1) is 18.2. The average Bonchev–Trinajstić information content (AvgIpc) is 3.50. The third-order valence-electron chi connectivity index (χ3n) is 5.62. The number of ether oxygens (including phenoxy) is 2. The minimum atomic E-state index is -1.10. The number of carbonyl (C=O) groups is 2. The van der Waals surface area contributed by atoms with Gasteiger partial charge in [-0.15, -0.1) is 0 Å². The number of nitrogens with one attached hydrogen (secondary N) is 1. The highest BCUT2D eigenvalue weighted by Crippen LogP contribution is 2.26. The number of aliphatic carboxylic acids is 1. The fraction of sp³-hybridized carbons (Fsp3) is 0.179. The molecule has 2 aromatic heterocycles. The molecule has 0 unspecified atom stereocenters. The average molecular weight is 536 g/mol. The van der Waals surface area contributed by atoms with Gasteiger partial charge in [0.15, 0.2) is 11.9 Å². The minimum absolute atomic E-state index is 0.0825. The molecule has 2 heterocycles. The van der Waals surface area contributed by atoms with Crippen molar-refractivity contribution in [2.24, 2.45) is 5.10 Å². The van der Waals surface area contributed by atoms with E-state index in [2.05, 4.69) is 41.1 Å². The Labute approximate surface area is 224 Å². The van der Waals surface area contributed by atoms with Crippen molar-refractivity contribution in [3.05, 3.63) is 100 Å². The quantitative estimate of drug-likeness (QED) is 0.204. The maximum atomic E-state index is 12.4. The van der Waals surface area contributed by atoms with E-state index in [9.17, 15) is 9.59 Å². The van der Waals surface area contributed by atoms with Crippen LogP contribution in [0.3, 0.4) is 0 Å². The van der Waals surface area contributed by atoms with Crippen molar-refractivity contribution in [3.63, 3.8) is 0 Å². The summed E-state index contributed by atoms with van der Waals surface area (Å²) in [6.45, 7) is 5.68. The fourth-order valence-electron chi connectivity index (χ4n) is 3.65. The Bertz CT molecular complexity index is 1450. The number of carbonyl (C=O) groups excluding carboxylic acids is 1. The van der Waals surface area contributed by atoms with Crippen LogP contribution in [0.5, 0.6) is 11.5 Å². The SMILES string of the molecule is Cc1ccc(C)n1-c1ccc(OCc2ccc(C(=O)N/N=C/c3ccc(O[C@@H](C)C(=O)O)c(Cl)c3)o2)cc1. The van der Waals surface area contributed by atoms with E-state index in [1.165, 1.54) is 31.3 Å². The normalized spacial score (nSPS) is 11.9. The number of aryl methyl sites for hydroxylation is 2. The van der Waals surface area contributed by atoms with Gasteiger partial charge in [0, 0.05) is 17.1 Å². The van der Waals surface area contributed by atoms with E-state index in [1.807, 2.05) is 24.3 Å². The van der Waals surface area contributed by atoms with E-state index < -0.39 is 18.0 Å². The van der Waals surface area contributed by atoms with Crippen molar-refractivity contribution >= 4 is 29.7 Å². The summed E-state index contributed by atoms with van der Waals surface area (Å²) in [5.41, 5.74) is 6.32. The lowest BCUT2D eigenvalue weighted by molar-refractivity contribution is -0.144. The maximum Gasteiger partial charge on any atom is 0.344 e. The van der Waals surface area contributed by atoms with Crippen molar-refractivity contribution in [1.29, 1.82) is 0 Å². The minimum Gasteiger partial charge on any atom is -0.486 e. The number of amides is 1. The molecule has 0 fully saturated rings. The van der Waals surface area contributed by atoms with Crippen molar-refractivity contribution in [3.8, 4) is 17.2 Å². The number of carboxylic acid groups (broad SMARTS) is 1. The number of hydrogen-bond acceptors (Lipinski definition) is 6. The molecule has 38 heavy (non-hydrogen) atoms. The van der Waals surface area contributed by atoms with Gasteiger partial charge in [-0.3, -0.25) is 4.79 Å². The van der Waals surface area contributed by atoms with E-state index in [4.69, 9.17) is 30.6 Å². The summed E-state index contributed by atoms with van der Waals surface area (Å²) < 4.78 is 18.8. The monoisotopic (exact) mass is 535 g/mol. The first-order valence-corrected chi connectivity index (χ1v) is 12.1. The summed E-state index contributed by atoms with van der Waals surface area (Å²) in [5.74, 6) is -0.159. The van der Waals surface area contributed by atoms with E-state index in [0.717, 1.165) is 17.1 Å². The molecule has 9 nitrogen and oxygen atoms in total. The van der Waals surface area contributed by atoms with Crippen LogP contribution in [0.15, 0.2) is 76.2 Å². The smallest absolute Gasteiger partial charge is 0.344 e. The first kappa shape index (κ1) is 26.6. The number of halogens is 1. The summed E-state index contributed by atoms with van der Waals surface area (Å²) >= 11 is 6.14. The Kier molecular flexibility index (Phi) is 8.18. The summed E-state index contributed by atoms with van der Waals surface area (Å²) in [7, 11) is 0. The van der Waals surface area contributed by atoms with Gasteiger partial charge in [-0.25, -0.2) is 10.2 Å². The number of benzene rings is 2. The molecule has 0 saturated heterocycles. The van der Waals surface area contributed by atoms with E-state index in [0.29, 0.717) is 17.1 Å². The van der Waals surface area contributed by atoms with Crippen LogP contribution in [-0.2, 0) is 11.4 Å². The number of hydrazone groups is 1. The molecule has 0 aliphatic heterocycles. The van der Waals surface area contributed by atoms with Gasteiger partial charge in [0.05, 0.1) is 11.2 Å². The Morgan fingerprint density at radius 2 is 1.79 bits per heavy atom. The molecule has 0 saturated carbocycles. The number of hydrogen-bond donors (Lipinski definition) is 2. The van der Waals surface area contributed by atoms with Crippen molar-refractivity contribution in [2.45, 2.75) is 33.5 Å². The van der Waals surface area contributed by atoms with Gasteiger partial charge >= 0.3 is 11.9 Å². The molecule has 10 heteroatoms.